The highest BCUT2D eigenvalue weighted by atomic mass is 16.5. The first-order chi connectivity index (χ1) is 16.8. The van der Waals surface area contributed by atoms with Crippen LogP contribution < -0.4 is 25.8 Å². The Morgan fingerprint density at radius 1 is 1.14 bits per heavy atom. The zero-order valence-corrected chi connectivity index (χ0v) is 21.2. The summed E-state index contributed by atoms with van der Waals surface area (Å²) in [6.45, 7) is 10.9. The molecule has 0 spiro atoms. The van der Waals surface area contributed by atoms with Gasteiger partial charge in [0.15, 0.2) is 0 Å². The molecular weight excluding hydrogens is 440 g/mol. The van der Waals surface area contributed by atoms with E-state index in [4.69, 9.17) is 15.2 Å². The number of ether oxygens (including phenoxy) is 2. The van der Waals surface area contributed by atoms with Crippen molar-refractivity contribution in [3.63, 3.8) is 0 Å². The van der Waals surface area contributed by atoms with Gasteiger partial charge in [0, 0.05) is 43.2 Å². The summed E-state index contributed by atoms with van der Waals surface area (Å²) >= 11 is 0. The number of methoxy groups -OCH3 is 2. The van der Waals surface area contributed by atoms with Crippen molar-refractivity contribution in [2.24, 2.45) is 10.7 Å². The van der Waals surface area contributed by atoms with Gasteiger partial charge in [-0.1, -0.05) is 24.0 Å². The minimum absolute atomic E-state index is 0.0229. The van der Waals surface area contributed by atoms with Crippen molar-refractivity contribution in [3.8, 4) is 23.3 Å². The van der Waals surface area contributed by atoms with Crippen LogP contribution in [-0.4, -0.2) is 48.9 Å². The van der Waals surface area contributed by atoms with Crippen LogP contribution in [0, 0.1) is 11.8 Å². The minimum atomic E-state index is -0.0229. The number of amides is 1. The normalized spacial score (nSPS) is 14.8. The van der Waals surface area contributed by atoms with Crippen LogP contribution in [0.2, 0.25) is 0 Å². The van der Waals surface area contributed by atoms with Crippen LogP contribution in [0.15, 0.2) is 42.0 Å². The Kier molecular flexibility index (Phi) is 8.43. The summed E-state index contributed by atoms with van der Waals surface area (Å²) in [5, 5.41) is 1.85. The summed E-state index contributed by atoms with van der Waals surface area (Å²) in [5.41, 5.74) is 9.14. The molecule has 0 aliphatic carbocycles. The van der Waals surface area contributed by atoms with Gasteiger partial charge in [-0.15, -0.1) is 0 Å². The highest BCUT2D eigenvalue weighted by Crippen LogP contribution is 2.23. The molecule has 1 saturated heterocycles. The second-order valence-corrected chi connectivity index (χ2v) is 8.56. The van der Waals surface area contributed by atoms with E-state index in [-0.39, 0.29) is 11.9 Å². The molecule has 0 radical (unpaired) electrons. The van der Waals surface area contributed by atoms with Gasteiger partial charge in [0.1, 0.15) is 17.3 Å². The number of carbonyl (C=O) groups is 1. The first-order valence-electron chi connectivity index (χ1n) is 11.7. The summed E-state index contributed by atoms with van der Waals surface area (Å²) in [4.78, 5) is 18.3. The Balaban J connectivity index is 2.15. The van der Waals surface area contributed by atoms with Crippen molar-refractivity contribution >= 4 is 23.5 Å². The van der Waals surface area contributed by atoms with Crippen LogP contribution in [0.25, 0.3) is 11.4 Å². The van der Waals surface area contributed by atoms with Crippen molar-refractivity contribution in [1.29, 1.82) is 0 Å². The Labute approximate surface area is 207 Å². The molecule has 2 heterocycles. The number of likely N-dealkylation sites (tertiary alicyclic amines) is 1. The lowest BCUT2D eigenvalue weighted by molar-refractivity contribution is -0.127. The molecule has 1 amide bonds. The number of nitrogens with zero attached hydrogens (tertiary/aromatic N) is 3. The van der Waals surface area contributed by atoms with E-state index in [0.717, 1.165) is 40.1 Å². The van der Waals surface area contributed by atoms with Crippen LogP contribution in [0.5, 0.6) is 11.5 Å². The van der Waals surface area contributed by atoms with Crippen molar-refractivity contribution < 1.29 is 14.3 Å². The van der Waals surface area contributed by atoms with E-state index in [0.29, 0.717) is 30.4 Å². The molecule has 184 valence electrons. The number of rotatable bonds is 5. The van der Waals surface area contributed by atoms with E-state index in [2.05, 4.69) is 48.0 Å². The van der Waals surface area contributed by atoms with Crippen molar-refractivity contribution in [2.45, 2.75) is 39.7 Å². The molecule has 0 atom stereocenters. The molecule has 0 unspecified atom stereocenters. The van der Waals surface area contributed by atoms with Gasteiger partial charge in [-0.25, -0.2) is 4.99 Å². The zero-order valence-electron chi connectivity index (χ0n) is 21.2. The fourth-order valence-corrected chi connectivity index (χ4v) is 4.39. The number of nitrogens with two attached hydrogens (primary N) is 1. The smallest absolute Gasteiger partial charge is 0.245 e. The maximum atomic E-state index is 12.0. The molecular formula is C28H34N4O3. The molecule has 3 rings (SSSR count). The Hall–Kier alpha value is -3.92. The molecule has 1 aliphatic heterocycles. The van der Waals surface area contributed by atoms with Gasteiger partial charge < -0.3 is 24.7 Å². The Bertz CT molecular complexity index is 1290. The second kappa shape index (κ2) is 11.5. The highest BCUT2D eigenvalue weighted by molar-refractivity contribution is 5.87. The molecule has 1 aromatic heterocycles. The van der Waals surface area contributed by atoms with Gasteiger partial charge in [-0.3, -0.25) is 4.79 Å². The summed E-state index contributed by atoms with van der Waals surface area (Å²) < 4.78 is 13.0. The average molecular weight is 475 g/mol. The van der Waals surface area contributed by atoms with Crippen LogP contribution in [0.4, 0.5) is 0 Å². The summed E-state index contributed by atoms with van der Waals surface area (Å²) in [5.74, 6) is 8.31. The largest absolute Gasteiger partial charge is 0.497 e. The fourth-order valence-electron chi connectivity index (χ4n) is 4.39. The lowest BCUT2D eigenvalue weighted by Crippen LogP contribution is -2.42. The summed E-state index contributed by atoms with van der Waals surface area (Å²) in [6.07, 6.45) is 6.81. The van der Waals surface area contributed by atoms with Crippen LogP contribution in [0.1, 0.15) is 50.8 Å². The minimum Gasteiger partial charge on any atom is -0.497 e. The predicted octanol–water partition coefficient (Wildman–Crippen LogP) is 2.56. The molecule has 2 aromatic rings. The number of aliphatic imine (C=N–C) groups is 1. The summed E-state index contributed by atoms with van der Waals surface area (Å²) in [6, 6.07) is 5.77. The third-order valence-electron chi connectivity index (χ3n) is 6.07. The standard InChI is InChI=1S/C28H34N4O3/c1-7-25(33)31-13-11-22(12-14-31)32-18-21(26(27(32)19(3)4)28(29)30-8-2)10-9-20-15-23(34-5)17-24(16-20)35-6/h7-8,15-18,22H,1,11-14,29H2,2-6H3/b28-26-,30-8-. The molecule has 1 aliphatic rings. The van der Waals surface area contributed by atoms with Crippen molar-refractivity contribution in [3.05, 3.63) is 58.7 Å². The van der Waals surface area contributed by atoms with E-state index in [1.165, 1.54) is 6.08 Å². The van der Waals surface area contributed by atoms with Crippen molar-refractivity contribution in [2.75, 3.05) is 27.3 Å². The van der Waals surface area contributed by atoms with E-state index in [1.54, 1.807) is 20.4 Å². The number of aromatic nitrogens is 1. The predicted molar refractivity (Wildman–Crippen MR) is 141 cm³/mol. The molecule has 1 fully saturated rings. The second-order valence-electron chi connectivity index (χ2n) is 8.56. The van der Waals surface area contributed by atoms with Gasteiger partial charge >= 0.3 is 0 Å². The molecule has 0 saturated carbocycles. The van der Waals surface area contributed by atoms with Gasteiger partial charge in [0.05, 0.1) is 30.4 Å². The average Bonchev–Trinajstić information content (AvgIpc) is 3.27. The molecule has 1 aromatic carbocycles. The molecule has 2 N–H and O–H groups in total. The van der Waals surface area contributed by atoms with Crippen molar-refractivity contribution in [1.82, 2.24) is 9.47 Å². The third kappa shape index (κ3) is 5.78. The monoisotopic (exact) mass is 474 g/mol. The lowest BCUT2D eigenvalue weighted by atomic mass is 10.0. The maximum absolute atomic E-state index is 12.0. The quantitative estimate of drug-likeness (QED) is 0.410. The lowest BCUT2D eigenvalue weighted by Gasteiger charge is -2.32. The maximum Gasteiger partial charge on any atom is 0.245 e. The van der Waals surface area contributed by atoms with Gasteiger partial charge in [-0.2, -0.15) is 0 Å². The molecule has 35 heavy (non-hydrogen) atoms. The molecule has 0 bridgehead atoms. The van der Waals surface area contributed by atoms with E-state index in [1.807, 2.05) is 30.0 Å². The number of piperidine rings is 1. The zero-order chi connectivity index (χ0) is 25.5. The SMILES string of the molecule is C=CC(=O)N1CCC(n2cc(C#Cc3cc(OC)cc(OC)c3)/c(=C(N)/N=C\C)c2=C(C)C)CC1. The first kappa shape index (κ1) is 25.7. The first-order valence-corrected chi connectivity index (χ1v) is 11.7. The number of carbonyl (C=O) groups excluding carboxylic acids is 1. The number of hydrogen-bond donors (Lipinski definition) is 1. The number of benzene rings is 1. The Morgan fingerprint density at radius 2 is 1.77 bits per heavy atom. The van der Waals surface area contributed by atoms with E-state index >= 15 is 0 Å². The van der Waals surface area contributed by atoms with Crippen LogP contribution in [-0.2, 0) is 4.79 Å². The van der Waals surface area contributed by atoms with Crippen LogP contribution in [0.3, 0.4) is 0 Å². The van der Waals surface area contributed by atoms with E-state index in [9.17, 15) is 4.79 Å². The summed E-state index contributed by atoms with van der Waals surface area (Å²) in [7, 11) is 3.23. The Morgan fingerprint density at radius 3 is 2.29 bits per heavy atom. The third-order valence-corrected chi connectivity index (χ3v) is 6.07. The van der Waals surface area contributed by atoms with Gasteiger partial charge in [0.25, 0.3) is 0 Å². The fraction of sp³-hybridized carbons (Fsp3) is 0.357. The molecule has 7 nitrogen and oxygen atoms in total. The number of hydrogen-bond acceptors (Lipinski definition) is 5. The van der Waals surface area contributed by atoms with Crippen LogP contribution >= 0.6 is 0 Å². The van der Waals surface area contributed by atoms with Gasteiger partial charge in [0.2, 0.25) is 5.91 Å². The van der Waals surface area contributed by atoms with E-state index < -0.39 is 0 Å². The topological polar surface area (TPSA) is 82.1 Å². The highest BCUT2D eigenvalue weighted by Gasteiger charge is 2.24. The molecule has 7 heteroatoms. The van der Waals surface area contributed by atoms with Gasteiger partial charge in [-0.05, 0) is 51.8 Å².